The van der Waals surface area contributed by atoms with Crippen LogP contribution in [0.15, 0.2) is 91.0 Å². The third-order valence-corrected chi connectivity index (χ3v) is 4.07. The van der Waals surface area contributed by atoms with Gasteiger partial charge < -0.3 is 4.74 Å². The van der Waals surface area contributed by atoms with Gasteiger partial charge in [-0.25, -0.2) is 4.79 Å². The fourth-order valence-corrected chi connectivity index (χ4v) is 3.00. The highest BCUT2D eigenvalue weighted by molar-refractivity contribution is 5.72. The van der Waals surface area contributed by atoms with Gasteiger partial charge in [0.25, 0.3) is 6.54 Å². The van der Waals surface area contributed by atoms with E-state index in [1.807, 2.05) is 91.0 Å². The van der Waals surface area contributed by atoms with Gasteiger partial charge in [0.15, 0.2) is 5.60 Å². The van der Waals surface area contributed by atoms with E-state index in [9.17, 15) is 14.9 Å². The Labute approximate surface area is 151 Å². The molecule has 5 nitrogen and oxygen atoms in total. The van der Waals surface area contributed by atoms with Gasteiger partial charge in [-0.05, 0) is 0 Å². The number of nitrogens with zero attached hydrogens (tertiary/aromatic N) is 1. The van der Waals surface area contributed by atoms with E-state index in [1.54, 1.807) is 0 Å². The Morgan fingerprint density at radius 2 is 1.12 bits per heavy atom. The summed E-state index contributed by atoms with van der Waals surface area (Å²) in [6.45, 7) is -0.895. The second-order valence-electron chi connectivity index (χ2n) is 5.74. The van der Waals surface area contributed by atoms with Crippen LogP contribution in [0.4, 0.5) is 0 Å². The van der Waals surface area contributed by atoms with Crippen LogP contribution < -0.4 is 0 Å². The first-order chi connectivity index (χ1) is 12.6. The first-order valence-electron chi connectivity index (χ1n) is 8.13. The molecular formula is C21H17NO4. The third-order valence-electron chi connectivity index (χ3n) is 4.07. The zero-order valence-electron chi connectivity index (χ0n) is 13.9. The molecule has 0 atom stereocenters. The summed E-state index contributed by atoms with van der Waals surface area (Å²) in [5, 5.41) is 10.8. The van der Waals surface area contributed by atoms with Gasteiger partial charge in [0.1, 0.15) is 0 Å². The minimum absolute atomic E-state index is 0.686. The van der Waals surface area contributed by atoms with E-state index in [0.717, 1.165) is 0 Å². The van der Waals surface area contributed by atoms with Gasteiger partial charge in [0.2, 0.25) is 0 Å². The average molecular weight is 347 g/mol. The highest BCUT2D eigenvalue weighted by atomic mass is 16.6. The van der Waals surface area contributed by atoms with Crippen molar-refractivity contribution in [3.63, 3.8) is 0 Å². The smallest absolute Gasteiger partial charge is 0.380 e. The molecule has 0 bridgehead atoms. The topological polar surface area (TPSA) is 69.4 Å². The molecular weight excluding hydrogens is 330 g/mol. The van der Waals surface area contributed by atoms with Crippen molar-refractivity contribution in [1.29, 1.82) is 0 Å². The van der Waals surface area contributed by atoms with Crippen molar-refractivity contribution < 1.29 is 14.5 Å². The van der Waals surface area contributed by atoms with E-state index in [2.05, 4.69) is 0 Å². The molecule has 3 rings (SSSR count). The Hall–Kier alpha value is -3.47. The predicted octanol–water partition coefficient (Wildman–Crippen LogP) is 3.80. The number of esters is 1. The quantitative estimate of drug-likeness (QED) is 0.294. The van der Waals surface area contributed by atoms with E-state index in [4.69, 9.17) is 4.74 Å². The van der Waals surface area contributed by atoms with Crippen LogP contribution in [0.2, 0.25) is 0 Å². The molecule has 0 saturated heterocycles. The molecule has 0 aliphatic carbocycles. The number of nitro groups is 1. The molecule has 130 valence electrons. The SMILES string of the molecule is O=C(C[N+](=O)[O-])OC(c1ccccc1)(c1ccccc1)c1ccccc1. The van der Waals surface area contributed by atoms with Crippen LogP contribution in [0, 0.1) is 10.1 Å². The molecule has 0 aromatic heterocycles. The fourth-order valence-electron chi connectivity index (χ4n) is 3.00. The molecule has 0 aliphatic rings. The molecule has 0 fully saturated rings. The Morgan fingerprint density at radius 1 is 0.769 bits per heavy atom. The molecule has 0 heterocycles. The van der Waals surface area contributed by atoms with Crippen molar-refractivity contribution in [1.82, 2.24) is 0 Å². The van der Waals surface area contributed by atoms with Crippen molar-refractivity contribution >= 4 is 5.97 Å². The highest BCUT2D eigenvalue weighted by Gasteiger charge is 2.41. The zero-order chi connectivity index (χ0) is 18.4. The number of carbonyl (C=O) groups is 1. The third kappa shape index (κ3) is 3.47. The second kappa shape index (κ2) is 7.61. The van der Waals surface area contributed by atoms with Crippen molar-refractivity contribution in [3.05, 3.63) is 118 Å². The van der Waals surface area contributed by atoms with Crippen molar-refractivity contribution in [2.75, 3.05) is 6.54 Å². The van der Waals surface area contributed by atoms with Crippen LogP contribution in [0.25, 0.3) is 0 Å². The molecule has 26 heavy (non-hydrogen) atoms. The van der Waals surface area contributed by atoms with Gasteiger partial charge in [-0.15, -0.1) is 0 Å². The Morgan fingerprint density at radius 3 is 1.42 bits per heavy atom. The lowest BCUT2D eigenvalue weighted by Gasteiger charge is -2.34. The van der Waals surface area contributed by atoms with Gasteiger partial charge in [-0.1, -0.05) is 91.0 Å². The van der Waals surface area contributed by atoms with Crippen molar-refractivity contribution in [2.45, 2.75) is 5.60 Å². The number of hydrogen-bond acceptors (Lipinski definition) is 4. The Kier molecular flexibility index (Phi) is 5.08. The van der Waals surface area contributed by atoms with Gasteiger partial charge >= 0.3 is 5.97 Å². The molecule has 3 aromatic rings. The maximum Gasteiger partial charge on any atom is 0.380 e. The lowest BCUT2D eigenvalue weighted by atomic mass is 9.80. The fraction of sp³-hybridized carbons (Fsp3) is 0.0952. The summed E-state index contributed by atoms with van der Waals surface area (Å²) < 4.78 is 5.83. The van der Waals surface area contributed by atoms with Gasteiger partial charge in [-0.2, -0.15) is 0 Å². The monoisotopic (exact) mass is 347 g/mol. The van der Waals surface area contributed by atoms with Crippen LogP contribution in [0.3, 0.4) is 0 Å². The minimum Gasteiger partial charge on any atom is -0.439 e. The van der Waals surface area contributed by atoms with E-state index >= 15 is 0 Å². The summed E-state index contributed by atoms with van der Waals surface area (Å²) in [7, 11) is 0. The second-order valence-corrected chi connectivity index (χ2v) is 5.74. The molecule has 0 spiro atoms. The first-order valence-corrected chi connectivity index (χ1v) is 8.13. The van der Waals surface area contributed by atoms with Gasteiger partial charge in [0, 0.05) is 21.6 Å². The molecule has 0 radical (unpaired) electrons. The van der Waals surface area contributed by atoms with E-state index < -0.39 is 23.0 Å². The average Bonchev–Trinajstić information content (AvgIpc) is 2.67. The molecule has 0 amide bonds. The van der Waals surface area contributed by atoms with E-state index in [0.29, 0.717) is 16.7 Å². The molecule has 0 N–H and O–H groups in total. The molecule has 3 aromatic carbocycles. The summed E-state index contributed by atoms with van der Waals surface area (Å²) in [5.74, 6) is -0.897. The number of carbonyl (C=O) groups excluding carboxylic acids is 1. The van der Waals surface area contributed by atoms with E-state index in [-0.39, 0.29) is 0 Å². The molecule has 0 aliphatic heterocycles. The maximum atomic E-state index is 12.3. The van der Waals surface area contributed by atoms with Crippen LogP contribution in [-0.4, -0.2) is 17.4 Å². The maximum absolute atomic E-state index is 12.3. The van der Waals surface area contributed by atoms with E-state index in [1.165, 1.54) is 0 Å². The highest BCUT2D eigenvalue weighted by Crippen LogP contribution is 2.40. The lowest BCUT2D eigenvalue weighted by Crippen LogP contribution is -2.37. The minimum atomic E-state index is -1.27. The zero-order valence-corrected chi connectivity index (χ0v) is 13.9. The first kappa shape index (κ1) is 17.4. The van der Waals surface area contributed by atoms with Crippen LogP contribution >= 0.6 is 0 Å². The van der Waals surface area contributed by atoms with Gasteiger partial charge in [0.05, 0.1) is 0 Å². The summed E-state index contributed by atoms with van der Waals surface area (Å²) in [4.78, 5) is 22.4. The Bertz CT molecular complexity index is 783. The molecule has 0 saturated carbocycles. The van der Waals surface area contributed by atoms with Crippen molar-refractivity contribution in [2.24, 2.45) is 0 Å². The van der Waals surface area contributed by atoms with Crippen LogP contribution in [0.5, 0.6) is 0 Å². The summed E-state index contributed by atoms with van der Waals surface area (Å²) in [6, 6.07) is 27.7. The summed E-state index contributed by atoms with van der Waals surface area (Å²) in [6.07, 6.45) is 0. The molecule has 5 heteroatoms. The summed E-state index contributed by atoms with van der Waals surface area (Å²) >= 11 is 0. The number of hydrogen-bond donors (Lipinski definition) is 0. The van der Waals surface area contributed by atoms with Crippen molar-refractivity contribution in [3.8, 4) is 0 Å². The normalized spacial score (nSPS) is 10.9. The standard InChI is InChI=1S/C21H17NO4/c23-20(16-22(24)25)26-21(17-10-4-1-5-11-17,18-12-6-2-7-13-18)19-14-8-3-9-15-19/h1-15H,16H2. The predicted molar refractivity (Wildman–Crippen MR) is 97.2 cm³/mol. The molecule has 0 unspecified atom stereocenters. The summed E-state index contributed by atoms with van der Waals surface area (Å²) in [5.41, 5.74) is 0.883. The van der Waals surface area contributed by atoms with Crippen LogP contribution in [-0.2, 0) is 15.1 Å². The number of rotatable bonds is 6. The number of benzene rings is 3. The largest absolute Gasteiger partial charge is 0.439 e. The van der Waals surface area contributed by atoms with Crippen LogP contribution in [0.1, 0.15) is 16.7 Å². The van der Waals surface area contributed by atoms with Gasteiger partial charge in [-0.3, -0.25) is 10.1 Å². The number of ether oxygens (including phenoxy) is 1. The Balaban J connectivity index is 2.24. The lowest BCUT2D eigenvalue weighted by molar-refractivity contribution is -0.470.